The number of methoxy groups -OCH3 is 1. The van der Waals surface area contributed by atoms with Gasteiger partial charge in [0.2, 0.25) is 5.91 Å². The number of rotatable bonds is 5. The van der Waals surface area contributed by atoms with Crippen LogP contribution in [0, 0.1) is 0 Å². The van der Waals surface area contributed by atoms with Crippen molar-refractivity contribution in [3.63, 3.8) is 0 Å². The molecule has 0 saturated carbocycles. The van der Waals surface area contributed by atoms with E-state index in [4.69, 9.17) is 21.4 Å². The molecule has 0 spiro atoms. The number of amides is 3. The number of benzene rings is 1. The average Bonchev–Trinajstić information content (AvgIpc) is 2.38. The maximum atomic E-state index is 11.5. The standard InChI is InChI=1S/C12H13ClN2O5/c1-20-9-6-7(2-3-8(9)13)14-12(19)15-10(16)4-5-11(17)18/h2-3,6H,4-5H2,1H3,(H,17,18)(H2,14,15,16,19). The number of nitrogens with one attached hydrogen (secondary N) is 2. The van der Waals surface area contributed by atoms with E-state index < -0.39 is 17.9 Å². The van der Waals surface area contributed by atoms with Gasteiger partial charge in [-0.05, 0) is 12.1 Å². The van der Waals surface area contributed by atoms with Gasteiger partial charge in [-0.2, -0.15) is 0 Å². The highest BCUT2D eigenvalue weighted by molar-refractivity contribution is 6.32. The molecule has 0 aliphatic rings. The predicted octanol–water partition coefficient (Wildman–Crippen LogP) is 1.86. The van der Waals surface area contributed by atoms with Crippen molar-refractivity contribution in [2.45, 2.75) is 12.8 Å². The van der Waals surface area contributed by atoms with E-state index in [1.165, 1.54) is 25.3 Å². The fourth-order valence-electron chi connectivity index (χ4n) is 1.31. The van der Waals surface area contributed by atoms with E-state index in [2.05, 4.69) is 5.32 Å². The van der Waals surface area contributed by atoms with E-state index in [0.717, 1.165) is 0 Å². The monoisotopic (exact) mass is 300 g/mol. The number of imide groups is 1. The van der Waals surface area contributed by atoms with Gasteiger partial charge in [0.25, 0.3) is 0 Å². The second kappa shape index (κ2) is 7.34. The van der Waals surface area contributed by atoms with Crippen molar-refractivity contribution in [3.8, 4) is 5.75 Å². The molecule has 0 aromatic heterocycles. The summed E-state index contributed by atoms with van der Waals surface area (Å²) >= 11 is 5.83. The van der Waals surface area contributed by atoms with E-state index in [1.54, 1.807) is 0 Å². The molecular weight excluding hydrogens is 288 g/mol. The Kier molecular flexibility index (Phi) is 5.79. The van der Waals surface area contributed by atoms with Crippen LogP contribution in [-0.2, 0) is 9.59 Å². The minimum absolute atomic E-state index is 0.271. The first-order valence-corrected chi connectivity index (χ1v) is 5.96. The van der Waals surface area contributed by atoms with Gasteiger partial charge >= 0.3 is 12.0 Å². The Balaban J connectivity index is 2.54. The van der Waals surface area contributed by atoms with E-state index in [0.29, 0.717) is 16.5 Å². The van der Waals surface area contributed by atoms with Gasteiger partial charge in [0.15, 0.2) is 0 Å². The van der Waals surface area contributed by atoms with Crippen LogP contribution in [0.2, 0.25) is 5.02 Å². The summed E-state index contributed by atoms with van der Waals surface area (Å²) in [6, 6.07) is 3.79. The smallest absolute Gasteiger partial charge is 0.325 e. The molecule has 0 radical (unpaired) electrons. The van der Waals surface area contributed by atoms with Crippen LogP contribution in [0.1, 0.15) is 12.8 Å². The number of carbonyl (C=O) groups is 3. The van der Waals surface area contributed by atoms with Gasteiger partial charge in [0.1, 0.15) is 5.75 Å². The van der Waals surface area contributed by atoms with Crippen molar-refractivity contribution in [1.29, 1.82) is 0 Å². The number of carbonyl (C=O) groups excluding carboxylic acids is 2. The molecule has 0 unspecified atom stereocenters. The number of halogens is 1. The normalized spacial score (nSPS) is 9.70. The van der Waals surface area contributed by atoms with Crippen molar-refractivity contribution in [2.24, 2.45) is 0 Å². The van der Waals surface area contributed by atoms with E-state index >= 15 is 0 Å². The molecule has 0 heterocycles. The Hall–Kier alpha value is -2.28. The van der Waals surface area contributed by atoms with Gasteiger partial charge in [-0.15, -0.1) is 0 Å². The molecule has 3 amide bonds. The summed E-state index contributed by atoms with van der Waals surface area (Å²) in [7, 11) is 1.43. The quantitative estimate of drug-likeness (QED) is 0.770. The summed E-state index contributed by atoms with van der Waals surface area (Å²) < 4.78 is 4.98. The van der Waals surface area contributed by atoms with Crippen molar-refractivity contribution in [2.75, 3.05) is 12.4 Å². The highest BCUT2D eigenvalue weighted by Crippen LogP contribution is 2.27. The number of ether oxygens (including phenoxy) is 1. The largest absolute Gasteiger partial charge is 0.495 e. The number of carboxylic acids is 1. The third kappa shape index (κ3) is 5.15. The van der Waals surface area contributed by atoms with Crippen molar-refractivity contribution in [1.82, 2.24) is 5.32 Å². The van der Waals surface area contributed by atoms with Crippen LogP contribution in [0.15, 0.2) is 18.2 Å². The summed E-state index contributed by atoms with van der Waals surface area (Å²) in [5.74, 6) is -1.41. The van der Waals surface area contributed by atoms with Gasteiger partial charge in [-0.25, -0.2) is 4.79 Å². The summed E-state index contributed by atoms with van der Waals surface area (Å²) in [5, 5.41) is 13.2. The van der Waals surface area contributed by atoms with Crippen LogP contribution in [-0.4, -0.2) is 30.1 Å². The van der Waals surface area contributed by atoms with Crippen LogP contribution in [0.25, 0.3) is 0 Å². The van der Waals surface area contributed by atoms with Crippen molar-refractivity contribution >= 4 is 35.2 Å². The lowest BCUT2D eigenvalue weighted by Crippen LogP contribution is -2.34. The third-order valence-corrected chi connectivity index (χ3v) is 2.54. The topological polar surface area (TPSA) is 105 Å². The molecule has 8 heteroatoms. The highest BCUT2D eigenvalue weighted by atomic mass is 35.5. The van der Waals surface area contributed by atoms with Crippen LogP contribution in [0.4, 0.5) is 10.5 Å². The lowest BCUT2D eigenvalue weighted by atomic mass is 10.3. The van der Waals surface area contributed by atoms with E-state index in [9.17, 15) is 14.4 Å². The maximum absolute atomic E-state index is 11.5. The molecule has 108 valence electrons. The molecule has 7 nitrogen and oxygen atoms in total. The summed E-state index contributed by atoms with van der Waals surface area (Å²) in [5.41, 5.74) is 0.384. The van der Waals surface area contributed by atoms with Gasteiger partial charge in [0, 0.05) is 18.2 Å². The second-order valence-electron chi connectivity index (χ2n) is 3.75. The number of urea groups is 1. The van der Waals surface area contributed by atoms with Crippen LogP contribution >= 0.6 is 11.6 Å². The molecule has 1 rings (SSSR count). The molecule has 0 bridgehead atoms. The minimum Gasteiger partial charge on any atom is -0.495 e. The molecule has 3 N–H and O–H groups in total. The van der Waals surface area contributed by atoms with Crippen molar-refractivity contribution in [3.05, 3.63) is 23.2 Å². The molecule has 1 aromatic rings. The molecule has 1 aromatic carbocycles. The zero-order valence-electron chi connectivity index (χ0n) is 10.6. The first kappa shape index (κ1) is 15.8. The number of anilines is 1. The molecular formula is C12H13ClN2O5. The van der Waals surface area contributed by atoms with Gasteiger partial charge in [-0.3, -0.25) is 14.9 Å². The summed E-state index contributed by atoms with van der Waals surface area (Å²) in [6.45, 7) is 0. The average molecular weight is 301 g/mol. The fraction of sp³-hybridized carbons (Fsp3) is 0.250. The number of aliphatic carboxylic acids is 1. The second-order valence-corrected chi connectivity index (χ2v) is 4.15. The molecule has 0 fully saturated rings. The third-order valence-electron chi connectivity index (χ3n) is 2.23. The SMILES string of the molecule is COc1cc(NC(=O)NC(=O)CCC(=O)O)ccc1Cl. The van der Waals surface area contributed by atoms with Crippen molar-refractivity contribution < 1.29 is 24.2 Å². The molecule has 0 aliphatic heterocycles. The first-order chi connectivity index (χ1) is 9.42. The van der Waals surface area contributed by atoms with Gasteiger partial charge in [-0.1, -0.05) is 11.6 Å². The Morgan fingerprint density at radius 3 is 2.60 bits per heavy atom. The zero-order chi connectivity index (χ0) is 15.1. The Labute approximate surface area is 119 Å². The first-order valence-electron chi connectivity index (χ1n) is 5.58. The molecule has 0 aliphatic carbocycles. The van der Waals surface area contributed by atoms with Crippen LogP contribution < -0.4 is 15.4 Å². The lowest BCUT2D eigenvalue weighted by molar-refractivity contribution is -0.138. The van der Waals surface area contributed by atoms with Crippen LogP contribution in [0.3, 0.4) is 0 Å². The number of carboxylic acid groups (broad SMARTS) is 1. The van der Waals surface area contributed by atoms with Crippen LogP contribution in [0.5, 0.6) is 5.75 Å². The fourth-order valence-corrected chi connectivity index (χ4v) is 1.50. The Morgan fingerprint density at radius 2 is 2.00 bits per heavy atom. The van der Waals surface area contributed by atoms with E-state index in [-0.39, 0.29) is 12.8 Å². The Morgan fingerprint density at radius 1 is 1.30 bits per heavy atom. The summed E-state index contributed by atoms with van der Waals surface area (Å²) in [6.07, 6.45) is -0.611. The van der Waals surface area contributed by atoms with Gasteiger partial charge < -0.3 is 15.2 Å². The predicted molar refractivity (Wildman–Crippen MR) is 72.0 cm³/mol. The lowest BCUT2D eigenvalue weighted by Gasteiger charge is -2.08. The number of hydrogen-bond donors (Lipinski definition) is 3. The molecule has 0 saturated heterocycles. The number of hydrogen-bond acceptors (Lipinski definition) is 4. The highest BCUT2D eigenvalue weighted by Gasteiger charge is 2.10. The Bertz CT molecular complexity index is 533. The van der Waals surface area contributed by atoms with Gasteiger partial charge in [0.05, 0.1) is 18.6 Å². The van der Waals surface area contributed by atoms with E-state index in [1.807, 2.05) is 5.32 Å². The molecule has 20 heavy (non-hydrogen) atoms. The molecule has 0 atom stereocenters. The summed E-state index contributed by atoms with van der Waals surface area (Å²) in [4.78, 5) is 33.0. The maximum Gasteiger partial charge on any atom is 0.325 e. The minimum atomic E-state index is -1.11. The zero-order valence-corrected chi connectivity index (χ0v) is 11.4.